The summed E-state index contributed by atoms with van der Waals surface area (Å²) in [4.78, 5) is 13.9. The van der Waals surface area contributed by atoms with E-state index >= 15 is 0 Å². The predicted molar refractivity (Wildman–Crippen MR) is 75.9 cm³/mol. The zero-order valence-electron chi connectivity index (χ0n) is 11.8. The highest BCUT2D eigenvalue weighted by Crippen LogP contribution is 2.17. The summed E-state index contributed by atoms with van der Waals surface area (Å²) >= 11 is 0. The van der Waals surface area contributed by atoms with Crippen molar-refractivity contribution in [1.82, 2.24) is 20.0 Å². The summed E-state index contributed by atoms with van der Waals surface area (Å²) in [5, 5.41) is 16.9. The van der Waals surface area contributed by atoms with E-state index in [0.29, 0.717) is 18.8 Å². The SMILES string of the molecule is CNC(=O)C1CCCCN1CC(O)Cn1cc(N)cn1. The van der Waals surface area contributed by atoms with Crippen LogP contribution in [0.3, 0.4) is 0 Å². The van der Waals surface area contributed by atoms with Gasteiger partial charge in [-0.2, -0.15) is 5.10 Å². The Balaban J connectivity index is 1.90. The number of nitrogens with one attached hydrogen (secondary N) is 1. The fraction of sp³-hybridized carbons (Fsp3) is 0.692. The number of anilines is 1. The maximum absolute atomic E-state index is 11.9. The van der Waals surface area contributed by atoms with Gasteiger partial charge >= 0.3 is 0 Å². The van der Waals surface area contributed by atoms with Gasteiger partial charge in [-0.15, -0.1) is 0 Å². The summed E-state index contributed by atoms with van der Waals surface area (Å²) in [5.74, 6) is 0.0280. The Kier molecular flexibility index (Phi) is 4.97. The quantitative estimate of drug-likeness (QED) is 0.671. The third-order valence-electron chi connectivity index (χ3n) is 3.66. The van der Waals surface area contributed by atoms with Crippen LogP contribution in [-0.4, -0.2) is 58.0 Å². The van der Waals surface area contributed by atoms with Gasteiger partial charge in [0.1, 0.15) is 0 Å². The standard InChI is InChI=1S/C13H23N5O2/c1-15-13(20)12-4-2-3-5-17(12)8-11(19)9-18-7-10(14)6-16-18/h6-7,11-12,19H,2-5,8-9,14H2,1H3,(H,15,20). The number of carbonyl (C=O) groups is 1. The monoisotopic (exact) mass is 281 g/mol. The van der Waals surface area contributed by atoms with E-state index in [1.165, 1.54) is 0 Å². The maximum Gasteiger partial charge on any atom is 0.237 e. The van der Waals surface area contributed by atoms with Crippen LogP contribution in [0.15, 0.2) is 12.4 Å². The van der Waals surface area contributed by atoms with Gasteiger partial charge in [0.25, 0.3) is 0 Å². The number of aliphatic hydroxyl groups excluding tert-OH is 1. The van der Waals surface area contributed by atoms with E-state index in [1.54, 1.807) is 24.1 Å². The normalized spacial score (nSPS) is 21.6. The number of nitrogens with zero attached hydrogens (tertiary/aromatic N) is 3. The molecule has 4 N–H and O–H groups in total. The summed E-state index contributed by atoms with van der Waals surface area (Å²) in [5.41, 5.74) is 6.17. The van der Waals surface area contributed by atoms with Crippen molar-refractivity contribution in [2.45, 2.75) is 38.0 Å². The third kappa shape index (κ3) is 3.71. The highest BCUT2D eigenvalue weighted by molar-refractivity contribution is 5.81. The molecule has 0 bridgehead atoms. The van der Waals surface area contributed by atoms with Crippen LogP contribution in [0, 0.1) is 0 Å². The van der Waals surface area contributed by atoms with Crippen molar-refractivity contribution >= 4 is 11.6 Å². The van der Waals surface area contributed by atoms with Crippen molar-refractivity contribution in [2.24, 2.45) is 0 Å². The molecule has 7 nitrogen and oxygen atoms in total. The van der Waals surface area contributed by atoms with Gasteiger partial charge in [0.15, 0.2) is 0 Å². The lowest BCUT2D eigenvalue weighted by Gasteiger charge is -2.35. The molecule has 2 atom stereocenters. The minimum Gasteiger partial charge on any atom is -0.396 e. The number of β-amino-alcohol motifs (C(OH)–C–C–N with tert-alkyl or cyclic N) is 1. The van der Waals surface area contributed by atoms with Crippen LogP contribution >= 0.6 is 0 Å². The lowest BCUT2D eigenvalue weighted by atomic mass is 10.0. The Morgan fingerprint density at radius 2 is 2.40 bits per heavy atom. The Labute approximate surface area is 118 Å². The number of aromatic nitrogens is 2. The van der Waals surface area contributed by atoms with E-state index in [9.17, 15) is 9.90 Å². The lowest BCUT2D eigenvalue weighted by molar-refractivity contribution is -0.127. The molecule has 112 valence electrons. The van der Waals surface area contributed by atoms with Gasteiger partial charge in [-0.25, -0.2) is 0 Å². The van der Waals surface area contributed by atoms with Crippen LogP contribution in [0.1, 0.15) is 19.3 Å². The highest BCUT2D eigenvalue weighted by Gasteiger charge is 2.29. The van der Waals surface area contributed by atoms with Crippen LogP contribution in [0.5, 0.6) is 0 Å². The van der Waals surface area contributed by atoms with Crippen LogP contribution in [0.2, 0.25) is 0 Å². The molecule has 2 heterocycles. The first-order chi connectivity index (χ1) is 9.60. The summed E-state index contributed by atoms with van der Waals surface area (Å²) in [6.07, 6.45) is 5.65. The predicted octanol–water partition coefficient (Wildman–Crippen LogP) is -0.573. The van der Waals surface area contributed by atoms with Gasteiger partial charge in [-0.1, -0.05) is 6.42 Å². The minimum absolute atomic E-state index is 0.0280. The molecule has 1 aromatic heterocycles. The number of likely N-dealkylation sites (N-methyl/N-ethyl adjacent to an activating group) is 1. The molecule has 1 fully saturated rings. The van der Waals surface area contributed by atoms with Crippen molar-refractivity contribution < 1.29 is 9.90 Å². The number of piperidine rings is 1. The number of likely N-dealkylation sites (tertiary alicyclic amines) is 1. The summed E-state index contributed by atoms with van der Waals surface area (Å²) < 4.78 is 1.62. The molecule has 0 aromatic carbocycles. The number of nitrogen functional groups attached to an aromatic ring is 1. The second-order valence-electron chi connectivity index (χ2n) is 5.27. The van der Waals surface area contributed by atoms with Gasteiger partial charge in [0.2, 0.25) is 5.91 Å². The second kappa shape index (κ2) is 6.71. The van der Waals surface area contributed by atoms with E-state index in [-0.39, 0.29) is 11.9 Å². The van der Waals surface area contributed by atoms with Gasteiger partial charge in [0, 0.05) is 19.8 Å². The average molecular weight is 281 g/mol. The van der Waals surface area contributed by atoms with E-state index in [0.717, 1.165) is 25.8 Å². The smallest absolute Gasteiger partial charge is 0.237 e. The number of hydrogen-bond acceptors (Lipinski definition) is 5. The fourth-order valence-corrected chi connectivity index (χ4v) is 2.70. The Hall–Kier alpha value is -1.60. The van der Waals surface area contributed by atoms with Gasteiger partial charge in [-0.05, 0) is 19.4 Å². The fourth-order valence-electron chi connectivity index (χ4n) is 2.70. The lowest BCUT2D eigenvalue weighted by Crippen LogP contribution is -2.51. The first-order valence-corrected chi connectivity index (χ1v) is 7.02. The largest absolute Gasteiger partial charge is 0.396 e. The van der Waals surface area contributed by atoms with E-state index in [4.69, 9.17) is 5.73 Å². The topological polar surface area (TPSA) is 96.4 Å². The summed E-state index contributed by atoms with van der Waals surface area (Å²) in [6, 6.07) is -0.133. The molecule has 0 aliphatic carbocycles. The molecule has 2 unspecified atom stereocenters. The number of carbonyl (C=O) groups excluding carboxylic acids is 1. The highest BCUT2D eigenvalue weighted by atomic mass is 16.3. The third-order valence-corrected chi connectivity index (χ3v) is 3.66. The van der Waals surface area contributed by atoms with E-state index in [1.807, 2.05) is 0 Å². The van der Waals surface area contributed by atoms with Gasteiger partial charge in [-0.3, -0.25) is 14.4 Å². The molecule has 1 aromatic rings. The Morgan fingerprint density at radius 1 is 1.60 bits per heavy atom. The second-order valence-corrected chi connectivity index (χ2v) is 5.27. The molecule has 2 rings (SSSR count). The van der Waals surface area contributed by atoms with Crippen LogP contribution in [-0.2, 0) is 11.3 Å². The molecule has 1 aliphatic rings. The molecule has 1 saturated heterocycles. The van der Waals surface area contributed by atoms with E-state index < -0.39 is 6.10 Å². The molecular formula is C13H23N5O2. The Bertz CT molecular complexity index is 448. The van der Waals surface area contributed by atoms with Gasteiger partial charge in [0.05, 0.1) is 30.6 Å². The van der Waals surface area contributed by atoms with Crippen LogP contribution in [0.25, 0.3) is 0 Å². The molecular weight excluding hydrogens is 258 g/mol. The molecule has 1 aliphatic heterocycles. The van der Waals surface area contributed by atoms with Crippen molar-refractivity contribution in [3.8, 4) is 0 Å². The number of nitrogens with two attached hydrogens (primary N) is 1. The van der Waals surface area contributed by atoms with Crippen LogP contribution < -0.4 is 11.1 Å². The average Bonchev–Trinajstić information content (AvgIpc) is 2.83. The number of hydrogen-bond donors (Lipinski definition) is 3. The molecule has 7 heteroatoms. The number of aliphatic hydroxyl groups is 1. The van der Waals surface area contributed by atoms with Crippen molar-refractivity contribution in [2.75, 3.05) is 25.9 Å². The molecule has 0 radical (unpaired) electrons. The van der Waals surface area contributed by atoms with Crippen molar-refractivity contribution in [1.29, 1.82) is 0 Å². The van der Waals surface area contributed by atoms with Crippen molar-refractivity contribution in [3.63, 3.8) is 0 Å². The number of rotatable bonds is 5. The zero-order valence-corrected chi connectivity index (χ0v) is 11.8. The molecule has 20 heavy (non-hydrogen) atoms. The number of amides is 1. The summed E-state index contributed by atoms with van der Waals surface area (Å²) in [7, 11) is 1.65. The van der Waals surface area contributed by atoms with Gasteiger partial charge < -0.3 is 16.2 Å². The van der Waals surface area contributed by atoms with Crippen molar-refractivity contribution in [3.05, 3.63) is 12.4 Å². The minimum atomic E-state index is -0.570. The maximum atomic E-state index is 11.9. The first kappa shape index (κ1) is 14.8. The van der Waals surface area contributed by atoms with Crippen LogP contribution in [0.4, 0.5) is 5.69 Å². The molecule has 0 spiro atoms. The molecule has 0 saturated carbocycles. The van der Waals surface area contributed by atoms with E-state index in [2.05, 4.69) is 15.3 Å². The molecule has 1 amide bonds. The first-order valence-electron chi connectivity index (χ1n) is 7.02. The Morgan fingerprint density at radius 3 is 3.05 bits per heavy atom. The zero-order chi connectivity index (χ0) is 14.5. The summed E-state index contributed by atoms with van der Waals surface area (Å²) in [6.45, 7) is 1.70.